The van der Waals surface area contributed by atoms with Crippen LogP contribution in [0.1, 0.15) is 43.7 Å². The van der Waals surface area contributed by atoms with Crippen molar-refractivity contribution in [2.75, 3.05) is 5.75 Å². The second-order valence-electron chi connectivity index (χ2n) is 5.32. The molecule has 1 fully saturated rings. The van der Waals surface area contributed by atoms with Crippen molar-refractivity contribution in [1.82, 2.24) is 20.2 Å². The number of rotatable bonds is 5. The van der Waals surface area contributed by atoms with Crippen molar-refractivity contribution in [3.63, 3.8) is 0 Å². The molecule has 0 atom stereocenters. The molecule has 1 aromatic heterocycles. The average molecular weight is 300 g/mol. The normalized spacial score (nSPS) is 16.6. The third-order valence-electron chi connectivity index (χ3n) is 3.80. The van der Waals surface area contributed by atoms with Gasteiger partial charge < -0.3 is 0 Å². The monoisotopic (exact) mass is 300 g/mol. The van der Waals surface area contributed by atoms with Gasteiger partial charge in [-0.05, 0) is 28.8 Å². The van der Waals surface area contributed by atoms with Gasteiger partial charge in [-0.15, -0.1) is 5.10 Å². The van der Waals surface area contributed by atoms with Crippen LogP contribution >= 0.6 is 11.8 Å². The van der Waals surface area contributed by atoms with Crippen molar-refractivity contribution in [3.8, 4) is 0 Å². The fourth-order valence-electron chi connectivity index (χ4n) is 2.71. The first kappa shape index (κ1) is 14.3. The molecule has 1 aliphatic carbocycles. The van der Waals surface area contributed by atoms with Crippen LogP contribution in [-0.4, -0.2) is 26.0 Å². The Morgan fingerprint density at radius 3 is 2.76 bits per heavy atom. The summed E-state index contributed by atoms with van der Waals surface area (Å²) in [5.41, 5.74) is 1.23. The summed E-state index contributed by atoms with van der Waals surface area (Å²) in [5, 5.41) is 13.2. The molecule has 110 valence electrons. The van der Waals surface area contributed by atoms with Crippen molar-refractivity contribution in [3.05, 3.63) is 42.0 Å². The number of nitrogens with zero attached hydrogens (tertiary/aromatic N) is 4. The lowest BCUT2D eigenvalue weighted by Crippen LogP contribution is -2.15. The number of tetrazole rings is 1. The van der Waals surface area contributed by atoms with Crippen LogP contribution in [0, 0.1) is 0 Å². The summed E-state index contributed by atoms with van der Waals surface area (Å²) in [7, 11) is 0. The molecule has 1 saturated carbocycles. The topological polar surface area (TPSA) is 43.6 Å². The van der Waals surface area contributed by atoms with Gasteiger partial charge in [-0.2, -0.15) is 0 Å². The van der Waals surface area contributed by atoms with Crippen molar-refractivity contribution >= 4 is 17.8 Å². The van der Waals surface area contributed by atoms with Gasteiger partial charge in [-0.25, -0.2) is 4.68 Å². The molecule has 0 unspecified atom stereocenters. The zero-order valence-corrected chi connectivity index (χ0v) is 12.9. The Morgan fingerprint density at radius 1 is 1.14 bits per heavy atom. The largest absolute Gasteiger partial charge is 0.217 e. The summed E-state index contributed by atoms with van der Waals surface area (Å²) in [6.07, 6.45) is 10.7. The summed E-state index contributed by atoms with van der Waals surface area (Å²) < 4.78 is 2.03. The number of hydrogen-bond donors (Lipinski definition) is 0. The summed E-state index contributed by atoms with van der Waals surface area (Å²) in [4.78, 5) is 0. The van der Waals surface area contributed by atoms with Gasteiger partial charge in [-0.1, -0.05) is 73.5 Å². The molecule has 0 spiro atoms. The minimum absolute atomic E-state index is 0.495. The highest BCUT2D eigenvalue weighted by molar-refractivity contribution is 7.99. The molecule has 0 saturated heterocycles. The highest BCUT2D eigenvalue weighted by Crippen LogP contribution is 2.30. The van der Waals surface area contributed by atoms with Crippen molar-refractivity contribution in [2.24, 2.45) is 0 Å². The van der Waals surface area contributed by atoms with Gasteiger partial charge in [0.15, 0.2) is 0 Å². The van der Waals surface area contributed by atoms with Gasteiger partial charge in [0, 0.05) is 5.75 Å². The van der Waals surface area contributed by atoms with Gasteiger partial charge in [-0.3, -0.25) is 0 Å². The predicted molar refractivity (Wildman–Crippen MR) is 86.1 cm³/mol. The van der Waals surface area contributed by atoms with Crippen LogP contribution in [0.4, 0.5) is 0 Å². The first-order valence-electron chi connectivity index (χ1n) is 7.56. The lowest BCUT2D eigenvalue weighted by atomic mass is 9.96. The summed E-state index contributed by atoms with van der Waals surface area (Å²) >= 11 is 1.71. The van der Waals surface area contributed by atoms with Crippen molar-refractivity contribution < 1.29 is 0 Å². The molecule has 1 aromatic carbocycles. The van der Waals surface area contributed by atoms with Crippen LogP contribution in [0.15, 0.2) is 41.6 Å². The Morgan fingerprint density at radius 2 is 1.95 bits per heavy atom. The quantitative estimate of drug-likeness (QED) is 0.783. The van der Waals surface area contributed by atoms with Crippen molar-refractivity contribution in [1.29, 1.82) is 0 Å². The molecular weight excluding hydrogens is 280 g/mol. The van der Waals surface area contributed by atoms with E-state index in [2.05, 4.69) is 51.9 Å². The van der Waals surface area contributed by atoms with Crippen molar-refractivity contribution in [2.45, 2.75) is 43.3 Å². The van der Waals surface area contributed by atoms with E-state index < -0.39 is 0 Å². The summed E-state index contributed by atoms with van der Waals surface area (Å²) in [6.45, 7) is 0. The molecule has 0 amide bonds. The maximum Gasteiger partial charge on any atom is 0.209 e. The van der Waals surface area contributed by atoms with E-state index in [9.17, 15) is 0 Å². The van der Waals surface area contributed by atoms with E-state index in [0.717, 1.165) is 10.9 Å². The van der Waals surface area contributed by atoms with Crippen LogP contribution in [-0.2, 0) is 0 Å². The van der Waals surface area contributed by atoms with E-state index in [1.807, 2.05) is 10.7 Å². The van der Waals surface area contributed by atoms with Crippen LogP contribution in [0.25, 0.3) is 6.08 Å². The van der Waals surface area contributed by atoms with E-state index in [4.69, 9.17) is 0 Å². The van der Waals surface area contributed by atoms with Crippen LogP contribution in [0.3, 0.4) is 0 Å². The fourth-order valence-corrected chi connectivity index (χ4v) is 3.46. The Labute approximate surface area is 129 Å². The first-order valence-corrected chi connectivity index (χ1v) is 8.54. The van der Waals surface area contributed by atoms with E-state index in [1.165, 1.54) is 37.7 Å². The second kappa shape index (κ2) is 7.41. The second-order valence-corrected chi connectivity index (χ2v) is 6.31. The Hall–Kier alpha value is -1.62. The lowest BCUT2D eigenvalue weighted by molar-refractivity contribution is 0.307. The zero-order chi connectivity index (χ0) is 14.3. The molecule has 4 nitrogen and oxygen atoms in total. The smallest absolute Gasteiger partial charge is 0.209 e. The van der Waals surface area contributed by atoms with Gasteiger partial charge >= 0.3 is 0 Å². The lowest BCUT2D eigenvalue weighted by Gasteiger charge is -2.21. The maximum atomic E-state index is 4.19. The molecule has 3 rings (SSSR count). The van der Waals surface area contributed by atoms with Crippen LogP contribution < -0.4 is 0 Å². The molecule has 1 aliphatic rings. The minimum Gasteiger partial charge on any atom is -0.217 e. The highest BCUT2D eigenvalue weighted by atomic mass is 32.2. The number of benzene rings is 1. The minimum atomic E-state index is 0.495. The third-order valence-corrected chi connectivity index (χ3v) is 4.69. The van der Waals surface area contributed by atoms with E-state index in [0.29, 0.717) is 6.04 Å². The van der Waals surface area contributed by atoms with Crippen LogP contribution in [0.2, 0.25) is 0 Å². The Bertz CT molecular complexity index is 573. The zero-order valence-electron chi connectivity index (χ0n) is 12.1. The maximum absolute atomic E-state index is 4.19. The number of hydrogen-bond acceptors (Lipinski definition) is 4. The molecule has 0 aliphatic heterocycles. The SMILES string of the molecule is C(=Cc1ccccc1)CSc1nnnn1C1CCCCC1. The molecule has 21 heavy (non-hydrogen) atoms. The van der Waals surface area contributed by atoms with Gasteiger partial charge in [0.05, 0.1) is 6.04 Å². The number of thioether (sulfide) groups is 1. The Balaban J connectivity index is 1.56. The molecule has 0 bridgehead atoms. The third kappa shape index (κ3) is 3.94. The summed E-state index contributed by atoms with van der Waals surface area (Å²) in [5.74, 6) is 0.891. The first-order chi connectivity index (χ1) is 10.4. The fraction of sp³-hybridized carbons (Fsp3) is 0.438. The molecule has 2 aromatic rings. The van der Waals surface area contributed by atoms with E-state index in [1.54, 1.807) is 11.8 Å². The van der Waals surface area contributed by atoms with Gasteiger partial charge in [0.25, 0.3) is 0 Å². The molecule has 5 heteroatoms. The van der Waals surface area contributed by atoms with Crippen LogP contribution in [0.5, 0.6) is 0 Å². The predicted octanol–water partition coefficient (Wildman–Crippen LogP) is 3.98. The molecular formula is C16H20N4S. The highest BCUT2D eigenvalue weighted by Gasteiger charge is 2.19. The number of aromatic nitrogens is 4. The summed E-state index contributed by atoms with van der Waals surface area (Å²) in [6, 6.07) is 10.8. The molecule has 0 N–H and O–H groups in total. The molecule has 1 heterocycles. The van der Waals surface area contributed by atoms with Gasteiger partial charge in [0.2, 0.25) is 5.16 Å². The standard InChI is InChI=1S/C16H20N4S/c1-3-8-14(9-4-1)10-7-13-21-16-17-18-19-20(16)15-11-5-2-6-12-15/h1,3-4,7-10,15H,2,5-6,11-13H2. The molecule has 0 radical (unpaired) electrons. The van der Waals surface area contributed by atoms with E-state index in [-0.39, 0.29) is 0 Å². The average Bonchev–Trinajstić information content (AvgIpc) is 3.02. The van der Waals surface area contributed by atoms with E-state index >= 15 is 0 Å². The van der Waals surface area contributed by atoms with Gasteiger partial charge in [0.1, 0.15) is 0 Å². The Kier molecular flexibility index (Phi) is 5.05.